The van der Waals surface area contributed by atoms with Gasteiger partial charge in [0, 0.05) is 5.56 Å². The minimum atomic E-state index is -0.344. The lowest BCUT2D eigenvalue weighted by atomic mass is 9.87. The van der Waals surface area contributed by atoms with Gasteiger partial charge in [-0.2, -0.15) is 0 Å². The second-order valence-electron chi connectivity index (χ2n) is 8.43. The van der Waals surface area contributed by atoms with Crippen molar-refractivity contribution in [3.05, 3.63) is 59.2 Å². The molecule has 8 heteroatoms. The van der Waals surface area contributed by atoms with E-state index in [2.05, 4.69) is 36.4 Å². The van der Waals surface area contributed by atoms with E-state index in [1.54, 1.807) is 30.3 Å². The largest absolute Gasteiger partial charge is 0.462 e. The molecule has 0 bridgehead atoms. The van der Waals surface area contributed by atoms with E-state index in [9.17, 15) is 9.59 Å². The van der Waals surface area contributed by atoms with Crippen molar-refractivity contribution in [1.29, 1.82) is 0 Å². The van der Waals surface area contributed by atoms with Crippen molar-refractivity contribution < 1.29 is 14.3 Å². The molecular weight excluding hydrogens is 442 g/mol. The molecule has 0 atom stereocenters. The Bertz CT molecular complexity index is 1130. The molecule has 0 aliphatic heterocycles. The molecule has 2 N–H and O–H groups in total. The van der Waals surface area contributed by atoms with E-state index >= 15 is 0 Å². The zero-order valence-corrected chi connectivity index (χ0v) is 20.3. The van der Waals surface area contributed by atoms with Crippen molar-refractivity contribution in [2.45, 2.75) is 46.0 Å². The fraction of sp³-hybridized carbons (Fsp3) is 0.333. The van der Waals surface area contributed by atoms with Crippen molar-refractivity contribution in [2.24, 2.45) is 0 Å². The summed E-state index contributed by atoms with van der Waals surface area (Å²) in [6, 6.07) is 12.7. The molecular formula is C24H27N3O3S2. The first-order valence-corrected chi connectivity index (χ1v) is 11.7. The lowest BCUT2D eigenvalue weighted by molar-refractivity contribution is 0.0500. The van der Waals surface area contributed by atoms with Gasteiger partial charge >= 0.3 is 5.97 Å². The normalized spacial score (nSPS) is 11.2. The van der Waals surface area contributed by atoms with Gasteiger partial charge in [0.25, 0.3) is 5.91 Å². The fourth-order valence-electron chi connectivity index (χ4n) is 2.92. The molecule has 168 valence electrons. The Morgan fingerprint density at radius 2 is 1.78 bits per heavy atom. The molecule has 0 fully saturated rings. The first kappa shape index (κ1) is 23.8. The second-order valence-corrected chi connectivity index (χ2v) is 9.87. The molecule has 0 aliphatic carbocycles. The highest BCUT2D eigenvalue weighted by Gasteiger charge is 2.16. The van der Waals surface area contributed by atoms with Gasteiger partial charge < -0.3 is 10.1 Å². The number of unbranched alkanes of at least 4 members (excludes halogenated alkanes) is 1. The van der Waals surface area contributed by atoms with Gasteiger partial charge in [-0.05, 0) is 59.9 Å². The predicted octanol–water partition coefficient (Wildman–Crippen LogP) is 5.68. The Morgan fingerprint density at radius 1 is 1.09 bits per heavy atom. The number of thiazole rings is 1. The number of nitrogens with one attached hydrogen (secondary N) is 2. The van der Waals surface area contributed by atoms with Crippen LogP contribution in [0.1, 0.15) is 66.8 Å². The fourth-order valence-corrected chi connectivity index (χ4v) is 4.09. The standard InChI is InChI=1S/C24H27N3O3S2/c1-5-6-13-30-21(29)16-9-12-18-19(14-16)32-23(25-18)27-22(31)26-20(28)15-7-10-17(11-8-15)24(2,3)4/h7-12,14H,5-6,13H2,1-4H3,(H2,25,26,27,28,31). The summed E-state index contributed by atoms with van der Waals surface area (Å²) in [5.41, 5.74) is 2.91. The van der Waals surface area contributed by atoms with Crippen molar-refractivity contribution in [2.75, 3.05) is 11.9 Å². The summed E-state index contributed by atoms with van der Waals surface area (Å²) >= 11 is 6.62. The van der Waals surface area contributed by atoms with E-state index in [0.717, 1.165) is 28.6 Å². The Labute approximate surface area is 197 Å². The van der Waals surface area contributed by atoms with Crippen molar-refractivity contribution in [1.82, 2.24) is 10.3 Å². The minimum Gasteiger partial charge on any atom is -0.462 e. The third kappa shape index (κ3) is 6.11. The van der Waals surface area contributed by atoms with E-state index in [1.165, 1.54) is 11.3 Å². The van der Waals surface area contributed by atoms with Gasteiger partial charge in [0.2, 0.25) is 0 Å². The van der Waals surface area contributed by atoms with Gasteiger partial charge in [0.05, 0.1) is 22.4 Å². The molecule has 0 saturated carbocycles. The molecule has 0 unspecified atom stereocenters. The average molecular weight is 470 g/mol. The number of thiocarbonyl (C=S) groups is 1. The van der Waals surface area contributed by atoms with Crippen LogP contribution in [0.5, 0.6) is 0 Å². The lowest BCUT2D eigenvalue weighted by Crippen LogP contribution is -2.34. The molecule has 1 amide bonds. The number of amides is 1. The van der Waals surface area contributed by atoms with Crippen LogP contribution in [0.15, 0.2) is 42.5 Å². The van der Waals surface area contributed by atoms with Crippen LogP contribution in [0.3, 0.4) is 0 Å². The van der Waals surface area contributed by atoms with Crippen LogP contribution in [-0.2, 0) is 10.2 Å². The number of rotatable bonds is 6. The number of anilines is 1. The van der Waals surface area contributed by atoms with Gasteiger partial charge in [-0.3, -0.25) is 10.1 Å². The number of ether oxygens (including phenoxy) is 1. The average Bonchev–Trinajstić information content (AvgIpc) is 3.14. The number of esters is 1. The minimum absolute atomic E-state index is 0.0187. The number of nitrogens with zero attached hydrogens (tertiary/aromatic N) is 1. The van der Waals surface area contributed by atoms with Crippen LogP contribution in [-0.4, -0.2) is 28.6 Å². The number of carbonyl (C=O) groups is 2. The first-order valence-electron chi connectivity index (χ1n) is 10.5. The molecule has 1 aromatic heterocycles. The van der Waals surface area contributed by atoms with Crippen LogP contribution in [0, 0.1) is 0 Å². The van der Waals surface area contributed by atoms with Crippen molar-refractivity contribution in [3.63, 3.8) is 0 Å². The number of hydrogen-bond donors (Lipinski definition) is 2. The lowest BCUT2D eigenvalue weighted by Gasteiger charge is -2.19. The van der Waals surface area contributed by atoms with E-state index < -0.39 is 0 Å². The van der Waals surface area contributed by atoms with E-state index in [1.807, 2.05) is 19.1 Å². The second kappa shape index (κ2) is 10.2. The summed E-state index contributed by atoms with van der Waals surface area (Å²) in [5.74, 6) is -0.635. The van der Waals surface area contributed by atoms with Crippen LogP contribution >= 0.6 is 23.6 Å². The van der Waals surface area contributed by atoms with Gasteiger partial charge in [-0.1, -0.05) is 57.6 Å². The zero-order chi connectivity index (χ0) is 23.3. The quantitative estimate of drug-likeness (QED) is 0.275. The Hall–Kier alpha value is -2.84. The van der Waals surface area contributed by atoms with Gasteiger partial charge in [0.15, 0.2) is 10.2 Å². The maximum atomic E-state index is 12.5. The maximum Gasteiger partial charge on any atom is 0.338 e. The monoisotopic (exact) mass is 469 g/mol. The number of benzene rings is 2. The van der Waals surface area contributed by atoms with Crippen LogP contribution in [0.25, 0.3) is 10.2 Å². The summed E-state index contributed by atoms with van der Waals surface area (Å²) in [6.45, 7) is 8.82. The highest BCUT2D eigenvalue weighted by atomic mass is 32.1. The van der Waals surface area contributed by atoms with Gasteiger partial charge in [-0.15, -0.1) is 0 Å². The zero-order valence-electron chi connectivity index (χ0n) is 18.7. The van der Waals surface area contributed by atoms with Crippen LogP contribution in [0.2, 0.25) is 0 Å². The summed E-state index contributed by atoms with van der Waals surface area (Å²) in [6.07, 6.45) is 1.81. The van der Waals surface area contributed by atoms with Gasteiger partial charge in [0.1, 0.15) is 0 Å². The Morgan fingerprint density at radius 3 is 2.44 bits per heavy atom. The molecule has 0 saturated heterocycles. The van der Waals surface area contributed by atoms with Crippen molar-refractivity contribution >= 4 is 55.9 Å². The first-order chi connectivity index (χ1) is 15.2. The number of hydrogen-bond acceptors (Lipinski definition) is 6. The summed E-state index contributed by atoms with van der Waals surface area (Å²) in [7, 11) is 0. The maximum absolute atomic E-state index is 12.5. The molecule has 6 nitrogen and oxygen atoms in total. The molecule has 1 heterocycles. The number of fused-ring (bicyclic) bond motifs is 1. The number of aromatic nitrogens is 1. The Kier molecular flexibility index (Phi) is 7.58. The van der Waals surface area contributed by atoms with Crippen molar-refractivity contribution in [3.8, 4) is 0 Å². The molecule has 3 rings (SSSR count). The highest BCUT2D eigenvalue weighted by Crippen LogP contribution is 2.27. The molecule has 0 aliphatic rings. The van der Waals surface area contributed by atoms with Crippen LogP contribution < -0.4 is 10.6 Å². The smallest absolute Gasteiger partial charge is 0.338 e. The molecule has 0 spiro atoms. The predicted molar refractivity (Wildman–Crippen MR) is 134 cm³/mol. The molecule has 0 radical (unpaired) electrons. The summed E-state index contributed by atoms with van der Waals surface area (Å²) in [5, 5.41) is 6.32. The summed E-state index contributed by atoms with van der Waals surface area (Å²) < 4.78 is 6.09. The third-order valence-electron chi connectivity index (χ3n) is 4.82. The van der Waals surface area contributed by atoms with Gasteiger partial charge in [-0.25, -0.2) is 9.78 Å². The topological polar surface area (TPSA) is 80.3 Å². The summed E-state index contributed by atoms with van der Waals surface area (Å²) in [4.78, 5) is 29.1. The molecule has 2 aromatic carbocycles. The molecule has 3 aromatic rings. The van der Waals surface area contributed by atoms with E-state index in [0.29, 0.717) is 22.9 Å². The van der Waals surface area contributed by atoms with Crippen LogP contribution in [0.4, 0.5) is 5.13 Å². The van der Waals surface area contributed by atoms with E-state index in [4.69, 9.17) is 17.0 Å². The molecule has 32 heavy (non-hydrogen) atoms. The Balaban J connectivity index is 1.62. The SMILES string of the molecule is CCCCOC(=O)c1ccc2nc(NC(=S)NC(=O)c3ccc(C(C)(C)C)cc3)sc2c1. The third-order valence-corrected chi connectivity index (χ3v) is 5.95. The van der Waals surface area contributed by atoms with E-state index in [-0.39, 0.29) is 22.4 Å². The highest BCUT2D eigenvalue weighted by molar-refractivity contribution is 7.80. The number of carbonyl (C=O) groups excluding carboxylic acids is 2.